The summed E-state index contributed by atoms with van der Waals surface area (Å²) in [5, 5.41) is 2.67. The number of hydrogen-bond donors (Lipinski definition) is 1. The van der Waals surface area contributed by atoms with Crippen LogP contribution in [0.25, 0.3) is 0 Å². The highest BCUT2D eigenvalue weighted by Crippen LogP contribution is 2.12. The van der Waals surface area contributed by atoms with Crippen molar-refractivity contribution in [1.82, 2.24) is 5.32 Å². The summed E-state index contributed by atoms with van der Waals surface area (Å²) in [6, 6.07) is -0.645. The van der Waals surface area contributed by atoms with Crippen LogP contribution in [0.4, 0.5) is 4.79 Å². The van der Waals surface area contributed by atoms with Gasteiger partial charge < -0.3 is 14.8 Å². The average Bonchev–Trinajstić information content (AvgIpc) is 2.62. The summed E-state index contributed by atoms with van der Waals surface area (Å²) in [6.45, 7) is 10.8. The number of rotatable bonds is 15. The second-order valence-electron chi connectivity index (χ2n) is 7.64. The molecule has 0 bridgehead atoms. The molecule has 0 aliphatic heterocycles. The lowest BCUT2D eigenvalue weighted by molar-refractivity contribution is -0.147. The number of unbranched alkanes of at least 4 members (excludes halogenated alkanes) is 7. The molecule has 0 saturated heterocycles. The summed E-state index contributed by atoms with van der Waals surface area (Å²) in [4.78, 5) is 24.2. The Morgan fingerprint density at radius 3 is 1.96 bits per heavy atom. The monoisotopic (exact) mass is 371 g/mol. The molecule has 5 heteroatoms. The van der Waals surface area contributed by atoms with E-state index in [9.17, 15) is 9.59 Å². The largest absolute Gasteiger partial charge is 0.464 e. The van der Waals surface area contributed by atoms with E-state index in [1.807, 2.05) is 27.7 Å². The van der Waals surface area contributed by atoms with Gasteiger partial charge in [-0.3, -0.25) is 0 Å². The van der Waals surface area contributed by atoms with Crippen molar-refractivity contribution in [2.75, 3.05) is 13.2 Å². The van der Waals surface area contributed by atoms with Crippen LogP contribution in [-0.4, -0.2) is 31.3 Å². The van der Waals surface area contributed by atoms with Gasteiger partial charge in [0.25, 0.3) is 0 Å². The Kier molecular flexibility index (Phi) is 15.2. The molecular formula is C21H41NO4. The third kappa shape index (κ3) is 13.0. The Hall–Kier alpha value is -1.26. The summed E-state index contributed by atoms with van der Waals surface area (Å²) >= 11 is 0. The molecule has 0 heterocycles. The third-order valence-corrected chi connectivity index (χ3v) is 4.53. The van der Waals surface area contributed by atoms with E-state index in [1.165, 1.54) is 38.5 Å². The van der Waals surface area contributed by atoms with Gasteiger partial charge in [0, 0.05) is 0 Å². The molecule has 0 aliphatic carbocycles. The maximum absolute atomic E-state index is 12.3. The summed E-state index contributed by atoms with van der Waals surface area (Å²) in [5.41, 5.74) is 0. The summed E-state index contributed by atoms with van der Waals surface area (Å²) in [5.74, 6) is -0.0896. The van der Waals surface area contributed by atoms with Crippen molar-refractivity contribution in [2.45, 2.75) is 98.4 Å². The van der Waals surface area contributed by atoms with Gasteiger partial charge in [-0.25, -0.2) is 9.59 Å². The Bertz CT molecular complexity index is 371. The maximum Gasteiger partial charge on any atom is 0.407 e. The molecule has 154 valence electrons. The van der Waals surface area contributed by atoms with Crippen LogP contribution >= 0.6 is 0 Å². The van der Waals surface area contributed by atoms with E-state index in [4.69, 9.17) is 9.47 Å². The van der Waals surface area contributed by atoms with Crippen LogP contribution in [-0.2, 0) is 14.3 Å². The molecule has 0 radical (unpaired) electrons. The van der Waals surface area contributed by atoms with Crippen LogP contribution in [0, 0.1) is 11.8 Å². The van der Waals surface area contributed by atoms with Crippen molar-refractivity contribution in [3.63, 3.8) is 0 Å². The first-order chi connectivity index (χ1) is 12.4. The van der Waals surface area contributed by atoms with Crippen molar-refractivity contribution >= 4 is 12.1 Å². The number of carbonyl (C=O) groups excluding carboxylic acids is 2. The number of amides is 1. The van der Waals surface area contributed by atoms with E-state index in [2.05, 4.69) is 12.2 Å². The topological polar surface area (TPSA) is 64.6 Å². The highest BCUT2D eigenvalue weighted by Gasteiger charge is 2.27. The lowest BCUT2D eigenvalue weighted by atomic mass is 9.99. The number of carbonyl (C=O) groups is 2. The van der Waals surface area contributed by atoms with E-state index >= 15 is 0 Å². The SMILES string of the molecule is CCCCCCCCCCOC(=O)C(NC(=O)OCC(C)C)C(C)CC. The van der Waals surface area contributed by atoms with Gasteiger partial charge in [-0.2, -0.15) is 0 Å². The second-order valence-corrected chi connectivity index (χ2v) is 7.64. The second kappa shape index (κ2) is 16.0. The number of alkyl carbamates (subject to hydrolysis) is 1. The molecule has 0 rings (SSSR count). The standard InChI is InChI=1S/C21H41NO4/c1-6-8-9-10-11-12-13-14-15-25-20(23)19(18(5)7-2)22-21(24)26-16-17(3)4/h17-19H,6-16H2,1-5H3,(H,22,24). The van der Waals surface area contributed by atoms with E-state index in [0.29, 0.717) is 13.2 Å². The first kappa shape index (κ1) is 24.7. The number of hydrogen-bond acceptors (Lipinski definition) is 4. The van der Waals surface area contributed by atoms with Gasteiger partial charge in [-0.15, -0.1) is 0 Å². The molecular weight excluding hydrogens is 330 g/mol. The molecule has 0 aromatic heterocycles. The smallest absolute Gasteiger partial charge is 0.407 e. The molecule has 0 aromatic carbocycles. The molecule has 1 amide bonds. The maximum atomic E-state index is 12.3. The van der Waals surface area contributed by atoms with Gasteiger partial charge in [0.15, 0.2) is 0 Å². The van der Waals surface area contributed by atoms with Crippen LogP contribution < -0.4 is 5.32 Å². The Morgan fingerprint density at radius 1 is 0.846 bits per heavy atom. The van der Waals surface area contributed by atoms with Crippen LogP contribution in [0.3, 0.4) is 0 Å². The fraction of sp³-hybridized carbons (Fsp3) is 0.905. The third-order valence-electron chi connectivity index (χ3n) is 4.53. The molecule has 26 heavy (non-hydrogen) atoms. The molecule has 1 N–H and O–H groups in total. The Morgan fingerprint density at radius 2 is 1.42 bits per heavy atom. The van der Waals surface area contributed by atoms with Gasteiger partial charge in [0.1, 0.15) is 6.04 Å². The van der Waals surface area contributed by atoms with Gasteiger partial charge >= 0.3 is 12.1 Å². The number of esters is 1. The predicted octanol–water partition coefficient (Wildman–Crippen LogP) is 5.47. The quantitative estimate of drug-likeness (QED) is 0.306. The molecule has 0 spiro atoms. The minimum Gasteiger partial charge on any atom is -0.464 e. The first-order valence-electron chi connectivity index (χ1n) is 10.5. The molecule has 2 unspecified atom stereocenters. The molecule has 5 nitrogen and oxygen atoms in total. The zero-order chi connectivity index (χ0) is 19.8. The highest BCUT2D eigenvalue weighted by atomic mass is 16.6. The lowest BCUT2D eigenvalue weighted by Gasteiger charge is -2.22. The van der Waals surface area contributed by atoms with Gasteiger partial charge in [-0.05, 0) is 18.3 Å². The predicted molar refractivity (Wildman–Crippen MR) is 106 cm³/mol. The molecule has 2 atom stereocenters. The number of ether oxygens (including phenoxy) is 2. The van der Waals surface area contributed by atoms with Crippen LogP contribution in [0.1, 0.15) is 92.4 Å². The Labute approximate surface area is 160 Å². The lowest BCUT2D eigenvalue weighted by Crippen LogP contribution is -2.46. The van der Waals surface area contributed by atoms with Crippen molar-refractivity contribution in [1.29, 1.82) is 0 Å². The van der Waals surface area contributed by atoms with Crippen molar-refractivity contribution < 1.29 is 19.1 Å². The van der Waals surface area contributed by atoms with Gasteiger partial charge in [-0.1, -0.05) is 86.0 Å². The summed E-state index contributed by atoms with van der Waals surface area (Å²) in [7, 11) is 0. The molecule has 0 aromatic rings. The average molecular weight is 372 g/mol. The van der Waals surface area contributed by atoms with Gasteiger partial charge in [0.2, 0.25) is 0 Å². The number of nitrogens with one attached hydrogen (secondary N) is 1. The van der Waals surface area contributed by atoms with Crippen molar-refractivity contribution in [3.8, 4) is 0 Å². The van der Waals surface area contributed by atoms with Crippen LogP contribution in [0.2, 0.25) is 0 Å². The van der Waals surface area contributed by atoms with Gasteiger partial charge in [0.05, 0.1) is 13.2 Å². The summed E-state index contributed by atoms with van der Waals surface area (Å²) < 4.78 is 10.5. The minimum atomic E-state index is -0.645. The van der Waals surface area contributed by atoms with E-state index in [0.717, 1.165) is 19.3 Å². The van der Waals surface area contributed by atoms with Crippen molar-refractivity contribution in [2.24, 2.45) is 11.8 Å². The first-order valence-corrected chi connectivity index (χ1v) is 10.5. The van der Waals surface area contributed by atoms with E-state index in [1.54, 1.807) is 0 Å². The van der Waals surface area contributed by atoms with Crippen LogP contribution in [0.5, 0.6) is 0 Å². The zero-order valence-electron chi connectivity index (χ0n) is 17.6. The normalized spacial score (nSPS) is 13.3. The summed E-state index contributed by atoms with van der Waals surface area (Å²) in [6.07, 6.45) is 9.85. The molecule has 0 saturated carbocycles. The van der Waals surface area contributed by atoms with E-state index < -0.39 is 12.1 Å². The zero-order valence-corrected chi connectivity index (χ0v) is 17.6. The molecule has 0 fully saturated rings. The van der Waals surface area contributed by atoms with E-state index in [-0.39, 0.29) is 17.8 Å². The van der Waals surface area contributed by atoms with Crippen molar-refractivity contribution in [3.05, 3.63) is 0 Å². The molecule has 0 aliphatic rings. The fourth-order valence-electron chi connectivity index (χ4n) is 2.58. The fourth-order valence-corrected chi connectivity index (χ4v) is 2.58. The van der Waals surface area contributed by atoms with Crippen LogP contribution in [0.15, 0.2) is 0 Å². The Balaban J connectivity index is 4.06. The minimum absolute atomic E-state index is 0.00710. The highest BCUT2D eigenvalue weighted by molar-refractivity contribution is 5.81.